The van der Waals surface area contributed by atoms with Crippen molar-refractivity contribution in [2.45, 2.75) is 5.60 Å². The van der Waals surface area contributed by atoms with Gasteiger partial charge in [-0.25, -0.2) is 4.79 Å². The van der Waals surface area contributed by atoms with Gasteiger partial charge in [0.2, 0.25) is 5.91 Å². The van der Waals surface area contributed by atoms with Crippen molar-refractivity contribution in [3.05, 3.63) is 76.9 Å². The summed E-state index contributed by atoms with van der Waals surface area (Å²) >= 11 is 1.96. The van der Waals surface area contributed by atoms with Crippen molar-refractivity contribution in [2.75, 3.05) is 9.74 Å². The predicted octanol–water partition coefficient (Wildman–Crippen LogP) is 4.04. The molecule has 3 N–H and O–H groups in total. The van der Waals surface area contributed by atoms with Gasteiger partial charge >= 0.3 is 5.97 Å². The molecule has 0 aromatic heterocycles. The number of phenolic OH excluding ortho intramolecular Hbond substituents is 2. The lowest BCUT2D eigenvalue weighted by atomic mass is 9.77. The Morgan fingerprint density at radius 2 is 1.53 bits per heavy atom. The number of esters is 1. The van der Waals surface area contributed by atoms with Gasteiger partial charge in [0.25, 0.3) is 0 Å². The number of rotatable bonds is 2. The van der Waals surface area contributed by atoms with Gasteiger partial charge in [-0.1, -0.05) is 28.7 Å². The number of carbonyl (C=O) groups excluding carboxylic acids is 2. The smallest absolute Gasteiger partial charge is 0.340 e. The molecule has 2 aliphatic rings. The van der Waals surface area contributed by atoms with E-state index in [1.165, 1.54) is 24.3 Å². The highest BCUT2D eigenvalue weighted by Gasteiger charge is 2.53. The number of aromatic hydroxyl groups is 2. The summed E-state index contributed by atoms with van der Waals surface area (Å²) in [6, 6.07) is 14.2. The molecule has 8 heteroatoms. The summed E-state index contributed by atoms with van der Waals surface area (Å²) in [7, 11) is 0. The average Bonchev–Trinajstić information content (AvgIpc) is 3.00. The third-order valence-corrected chi connectivity index (χ3v) is 5.87. The Hall–Kier alpha value is -3.27. The van der Waals surface area contributed by atoms with Crippen LogP contribution in [0, 0.1) is 0 Å². The van der Waals surface area contributed by atoms with E-state index in [4.69, 9.17) is 9.47 Å². The maximum Gasteiger partial charge on any atom is 0.340 e. The van der Waals surface area contributed by atoms with Crippen molar-refractivity contribution in [1.29, 1.82) is 0 Å². The minimum atomic E-state index is -1.30. The molecule has 0 radical (unpaired) electrons. The first kappa shape index (κ1) is 18.7. The van der Waals surface area contributed by atoms with Crippen molar-refractivity contribution < 1.29 is 29.3 Å². The van der Waals surface area contributed by atoms with Crippen LogP contribution < -0.4 is 10.1 Å². The molecule has 3 aromatic carbocycles. The van der Waals surface area contributed by atoms with Crippen LogP contribution in [0.3, 0.4) is 0 Å². The summed E-state index contributed by atoms with van der Waals surface area (Å²) < 4.78 is 12.2. The normalized spacial score (nSPS) is 14.9. The number of fused-ring (bicyclic) bond motifs is 6. The summed E-state index contributed by atoms with van der Waals surface area (Å²) in [4.78, 5) is 24.7. The van der Waals surface area contributed by atoms with E-state index in [0.29, 0.717) is 39.4 Å². The van der Waals surface area contributed by atoms with Crippen molar-refractivity contribution in [3.8, 4) is 23.0 Å². The molecule has 150 valence electrons. The molecular weight excluding hydrogens is 501 g/mol. The maximum atomic E-state index is 12.9. The lowest BCUT2D eigenvalue weighted by Gasteiger charge is -2.36. The molecule has 7 nitrogen and oxygen atoms in total. The van der Waals surface area contributed by atoms with E-state index >= 15 is 0 Å². The summed E-state index contributed by atoms with van der Waals surface area (Å²) in [5.41, 5.74) is 1.20. The standard InChI is InChI=1S/C22H14INO6/c23-10-20(27)24-11-1-4-15-14(7-11)21(28)30-22(15)16-5-2-12(25)8-18(16)29-19-9-13(26)3-6-17(19)22/h1-9,25-26H,10H2,(H,24,27). The Bertz CT molecular complexity index is 1190. The lowest BCUT2D eigenvalue weighted by molar-refractivity contribution is -0.113. The molecule has 2 heterocycles. The van der Waals surface area contributed by atoms with Crippen LogP contribution in [0.1, 0.15) is 27.0 Å². The molecule has 0 unspecified atom stereocenters. The number of anilines is 1. The van der Waals surface area contributed by atoms with E-state index in [1.54, 1.807) is 30.3 Å². The first-order chi connectivity index (χ1) is 14.4. The van der Waals surface area contributed by atoms with Crippen LogP contribution in [0.2, 0.25) is 0 Å². The summed E-state index contributed by atoms with van der Waals surface area (Å²) in [6.07, 6.45) is 0. The second-order valence-corrected chi connectivity index (χ2v) is 7.74. The van der Waals surface area contributed by atoms with E-state index in [-0.39, 0.29) is 21.8 Å². The fourth-order valence-corrected chi connectivity index (χ4v) is 4.17. The average molecular weight is 515 g/mol. The van der Waals surface area contributed by atoms with E-state index in [0.717, 1.165) is 0 Å². The zero-order valence-corrected chi connectivity index (χ0v) is 17.5. The van der Waals surface area contributed by atoms with Crippen LogP contribution in [0.15, 0.2) is 54.6 Å². The minimum Gasteiger partial charge on any atom is -0.508 e. The molecule has 5 rings (SSSR count). The zero-order chi connectivity index (χ0) is 21.0. The number of phenols is 2. The molecule has 0 atom stereocenters. The quantitative estimate of drug-likeness (QED) is 0.271. The minimum absolute atomic E-state index is 0.00564. The van der Waals surface area contributed by atoms with Gasteiger partial charge in [0, 0.05) is 34.5 Å². The molecule has 1 spiro atoms. The lowest BCUT2D eigenvalue weighted by Crippen LogP contribution is -2.32. The number of nitrogens with one attached hydrogen (secondary N) is 1. The Labute approximate surface area is 184 Å². The van der Waals surface area contributed by atoms with E-state index in [2.05, 4.69) is 5.32 Å². The Morgan fingerprint density at radius 3 is 2.13 bits per heavy atom. The Morgan fingerprint density at radius 1 is 0.933 bits per heavy atom. The number of hydrogen-bond acceptors (Lipinski definition) is 6. The highest BCUT2D eigenvalue weighted by Crippen LogP contribution is 2.57. The van der Waals surface area contributed by atoms with Crippen molar-refractivity contribution in [2.24, 2.45) is 0 Å². The Balaban J connectivity index is 1.76. The van der Waals surface area contributed by atoms with Gasteiger partial charge < -0.3 is 25.0 Å². The second kappa shape index (κ2) is 6.63. The molecule has 0 aliphatic carbocycles. The van der Waals surface area contributed by atoms with Crippen molar-refractivity contribution in [1.82, 2.24) is 0 Å². The first-order valence-electron chi connectivity index (χ1n) is 9.01. The van der Waals surface area contributed by atoms with Crippen LogP contribution in [0.4, 0.5) is 5.69 Å². The van der Waals surface area contributed by atoms with Crippen LogP contribution in [0.25, 0.3) is 0 Å². The number of amides is 1. The maximum absolute atomic E-state index is 12.9. The van der Waals surface area contributed by atoms with E-state index < -0.39 is 11.6 Å². The summed E-state index contributed by atoms with van der Waals surface area (Å²) in [6.45, 7) is 0. The molecule has 0 bridgehead atoms. The van der Waals surface area contributed by atoms with Crippen molar-refractivity contribution in [3.63, 3.8) is 0 Å². The topological polar surface area (TPSA) is 105 Å². The van der Waals surface area contributed by atoms with Gasteiger partial charge in [0.1, 0.15) is 23.0 Å². The zero-order valence-electron chi connectivity index (χ0n) is 15.3. The van der Waals surface area contributed by atoms with Crippen molar-refractivity contribution >= 4 is 40.2 Å². The third kappa shape index (κ3) is 2.63. The molecule has 1 amide bonds. The number of benzene rings is 3. The van der Waals surface area contributed by atoms with Gasteiger partial charge in [-0.15, -0.1) is 0 Å². The molecular formula is C22H14INO6. The predicted molar refractivity (Wildman–Crippen MR) is 116 cm³/mol. The third-order valence-electron chi connectivity index (χ3n) is 5.18. The van der Waals surface area contributed by atoms with Gasteiger partial charge in [0.05, 0.1) is 9.99 Å². The van der Waals surface area contributed by atoms with Gasteiger partial charge in [-0.3, -0.25) is 4.79 Å². The number of hydrogen-bond donors (Lipinski definition) is 3. The molecule has 3 aromatic rings. The van der Waals surface area contributed by atoms with Crippen LogP contribution in [-0.2, 0) is 15.1 Å². The largest absolute Gasteiger partial charge is 0.508 e. The number of halogens is 1. The van der Waals surface area contributed by atoms with Crippen LogP contribution in [-0.4, -0.2) is 26.5 Å². The van der Waals surface area contributed by atoms with Crippen LogP contribution >= 0.6 is 22.6 Å². The fourth-order valence-electron chi connectivity index (χ4n) is 3.98. The van der Waals surface area contributed by atoms with Gasteiger partial charge in [-0.2, -0.15) is 0 Å². The summed E-state index contributed by atoms with van der Waals surface area (Å²) in [5, 5.41) is 22.6. The van der Waals surface area contributed by atoms with Gasteiger partial charge in [0.15, 0.2) is 5.60 Å². The second-order valence-electron chi connectivity index (χ2n) is 6.98. The van der Waals surface area contributed by atoms with E-state index in [9.17, 15) is 19.8 Å². The SMILES string of the molecule is O=C(CI)Nc1ccc2c(c1)C(=O)OC21c2ccc(O)cc2Oc2cc(O)ccc21. The number of ether oxygens (including phenoxy) is 2. The molecule has 0 saturated carbocycles. The highest BCUT2D eigenvalue weighted by molar-refractivity contribution is 14.1. The molecule has 0 saturated heterocycles. The molecule has 30 heavy (non-hydrogen) atoms. The van der Waals surface area contributed by atoms with Gasteiger partial charge in [-0.05, 0) is 36.4 Å². The monoisotopic (exact) mass is 515 g/mol. The summed E-state index contributed by atoms with van der Waals surface area (Å²) in [5.74, 6) is -0.102. The van der Waals surface area contributed by atoms with Crippen LogP contribution in [0.5, 0.6) is 23.0 Å². The fraction of sp³-hybridized carbons (Fsp3) is 0.0909. The molecule has 0 fully saturated rings. The first-order valence-corrected chi connectivity index (χ1v) is 10.5. The molecule has 2 aliphatic heterocycles. The van der Waals surface area contributed by atoms with E-state index in [1.807, 2.05) is 22.6 Å². The Kier molecular flexibility index (Phi) is 4.14. The highest BCUT2D eigenvalue weighted by atomic mass is 127. The number of carbonyl (C=O) groups is 2. The number of alkyl halides is 1.